The smallest absolute Gasteiger partial charge is 0.291 e. The number of benzene rings is 1. The topological polar surface area (TPSA) is 42.1 Å². The van der Waals surface area contributed by atoms with Crippen LogP contribution < -0.4 is 10.3 Å². The maximum atomic E-state index is 11.5. The number of rotatable bonds is 1. The SMILES string of the molecule is COc1c(Br)c2ccccc2[nH]c1=O. The number of pyridine rings is 1. The average molecular weight is 254 g/mol. The van der Waals surface area contributed by atoms with Gasteiger partial charge in [-0.25, -0.2) is 0 Å². The molecule has 2 aromatic rings. The predicted molar refractivity (Wildman–Crippen MR) is 58.8 cm³/mol. The highest BCUT2D eigenvalue weighted by molar-refractivity contribution is 9.10. The van der Waals surface area contributed by atoms with E-state index in [-0.39, 0.29) is 5.56 Å². The number of para-hydroxylation sites is 1. The largest absolute Gasteiger partial charge is 0.490 e. The first-order valence-corrected chi connectivity index (χ1v) is 4.88. The molecule has 0 saturated heterocycles. The van der Waals surface area contributed by atoms with E-state index in [0.29, 0.717) is 10.2 Å². The zero-order valence-corrected chi connectivity index (χ0v) is 9.09. The van der Waals surface area contributed by atoms with Crippen LogP contribution in [0, 0.1) is 0 Å². The molecule has 1 N–H and O–H groups in total. The summed E-state index contributed by atoms with van der Waals surface area (Å²) in [4.78, 5) is 14.2. The molecule has 0 amide bonds. The van der Waals surface area contributed by atoms with Gasteiger partial charge < -0.3 is 9.72 Å². The van der Waals surface area contributed by atoms with Crippen molar-refractivity contribution in [2.45, 2.75) is 0 Å². The molecule has 0 atom stereocenters. The molecular weight excluding hydrogens is 246 g/mol. The summed E-state index contributed by atoms with van der Waals surface area (Å²) in [5.74, 6) is 0.309. The van der Waals surface area contributed by atoms with Crippen molar-refractivity contribution in [2.24, 2.45) is 0 Å². The van der Waals surface area contributed by atoms with Crippen molar-refractivity contribution in [1.82, 2.24) is 4.98 Å². The van der Waals surface area contributed by atoms with E-state index in [2.05, 4.69) is 20.9 Å². The molecule has 14 heavy (non-hydrogen) atoms. The number of fused-ring (bicyclic) bond motifs is 1. The quantitative estimate of drug-likeness (QED) is 0.848. The van der Waals surface area contributed by atoms with Gasteiger partial charge in [-0.3, -0.25) is 4.79 Å². The molecule has 0 spiro atoms. The van der Waals surface area contributed by atoms with Crippen molar-refractivity contribution in [3.63, 3.8) is 0 Å². The van der Waals surface area contributed by atoms with Gasteiger partial charge in [-0.1, -0.05) is 18.2 Å². The van der Waals surface area contributed by atoms with Gasteiger partial charge in [0.05, 0.1) is 11.6 Å². The molecule has 2 rings (SSSR count). The Hall–Kier alpha value is -1.29. The Kier molecular flexibility index (Phi) is 2.29. The van der Waals surface area contributed by atoms with Crippen LogP contribution in [0.15, 0.2) is 33.5 Å². The van der Waals surface area contributed by atoms with Gasteiger partial charge in [0.2, 0.25) is 0 Å². The highest BCUT2D eigenvalue weighted by Gasteiger charge is 2.09. The van der Waals surface area contributed by atoms with Crippen molar-refractivity contribution in [2.75, 3.05) is 7.11 Å². The van der Waals surface area contributed by atoms with E-state index in [4.69, 9.17) is 4.74 Å². The van der Waals surface area contributed by atoms with Gasteiger partial charge in [-0.2, -0.15) is 0 Å². The summed E-state index contributed by atoms with van der Waals surface area (Å²) in [6.45, 7) is 0. The van der Waals surface area contributed by atoms with Gasteiger partial charge in [0.1, 0.15) is 0 Å². The highest BCUT2D eigenvalue weighted by atomic mass is 79.9. The maximum absolute atomic E-state index is 11.5. The zero-order chi connectivity index (χ0) is 10.1. The summed E-state index contributed by atoms with van der Waals surface area (Å²) >= 11 is 3.35. The number of aromatic nitrogens is 1. The van der Waals surface area contributed by atoms with Crippen LogP contribution in [0.5, 0.6) is 5.75 Å². The number of methoxy groups -OCH3 is 1. The third-order valence-corrected chi connectivity index (χ3v) is 2.81. The normalized spacial score (nSPS) is 10.4. The van der Waals surface area contributed by atoms with Crippen LogP contribution in [0.3, 0.4) is 0 Å². The summed E-state index contributed by atoms with van der Waals surface area (Å²) < 4.78 is 5.69. The molecule has 0 saturated carbocycles. The number of H-pyrrole nitrogens is 1. The summed E-state index contributed by atoms with van der Waals surface area (Å²) in [6.07, 6.45) is 0. The van der Waals surface area contributed by atoms with Crippen molar-refractivity contribution in [3.8, 4) is 5.75 Å². The Balaban J connectivity index is 2.93. The molecule has 1 aromatic carbocycles. The fraction of sp³-hybridized carbons (Fsp3) is 0.100. The molecule has 1 heterocycles. The lowest BCUT2D eigenvalue weighted by atomic mass is 10.2. The van der Waals surface area contributed by atoms with Gasteiger partial charge in [0.15, 0.2) is 5.75 Å². The molecule has 0 aliphatic carbocycles. The monoisotopic (exact) mass is 253 g/mol. The molecule has 0 fully saturated rings. The Bertz CT molecular complexity index is 533. The first kappa shape index (κ1) is 9.27. The Labute approximate surface area is 88.8 Å². The number of nitrogens with one attached hydrogen (secondary N) is 1. The minimum absolute atomic E-state index is 0.224. The summed E-state index contributed by atoms with van der Waals surface area (Å²) in [5, 5.41) is 0.934. The molecule has 72 valence electrons. The highest BCUT2D eigenvalue weighted by Crippen LogP contribution is 2.27. The molecule has 3 nitrogen and oxygen atoms in total. The number of hydrogen-bond acceptors (Lipinski definition) is 2. The van der Waals surface area contributed by atoms with Crippen LogP contribution in [0.2, 0.25) is 0 Å². The van der Waals surface area contributed by atoms with Crippen molar-refractivity contribution >= 4 is 26.8 Å². The van der Waals surface area contributed by atoms with Crippen LogP contribution in [0.1, 0.15) is 0 Å². The Morgan fingerprint density at radius 2 is 2.07 bits per heavy atom. The van der Waals surface area contributed by atoms with Gasteiger partial charge in [-0.15, -0.1) is 0 Å². The number of aromatic amines is 1. The number of hydrogen-bond donors (Lipinski definition) is 1. The molecule has 0 bridgehead atoms. The van der Waals surface area contributed by atoms with Crippen LogP contribution >= 0.6 is 15.9 Å². The summed E-state index contributed by atoms with van der Waals surface area (Å²) in [7, 11) is 1.48. The lowest BCUT2D eigenvalue weighted by Crippen LogP contribution is -2.09. The number of ether oxygens (including phenoxy) is 1. The van der Waals surface area contributed by atoms with E-state index in [9.17, 15) is 4.79 Å². The fourth-order valence-electron chi connectivity index (χ4n) is 1.37. The van der Waals surface area contributed by atoms with Gasteiger partial charge >= 0.3 is 0 Å². The minimum atomic E-state index is -0.224. The molecule has 0 radical (unpaired) electrons. The third kappa shape index (κ3) is 1.32. The molecule has 0 aliphatic rings. The van der Waals surface area contributed by atoms with Gasteiger partial charge in [0.25, 0.3) is 5.56 Å². The van der Waals surface area contributed by atoms with Crippen molar-refractivity contribution in [3.05, 3.63) is 39.1 Å². The van der Waals surface area contributed by atoms with Crippen molar-refractivity contribution < 1.29 is 4.74 Å². The van der Waals surface area contributed by atoms with E-state index in [1.165, 1.54) is 7.11 Å². The fourth-order valence-corrected chi connectivity index (χ4v) is 2.05. The van der Waals surface area contributed by atoms with Crippen LogP contribution in [0.4, 0.5) is 0 Å². The van der Waals surface area contributed by atoms with E-state index < -0.39 is 0 Å². The second kappa shape index (κ2) is 3.46. The Morgan fingerprint density at radius 3 is 2.79 bits per heavy atom. The van der Waals surface area contributed by atoms with E-state index in [1.807, 2.05) is 24.3 Å². The second-order valence-electron chi connectivity index (χ2n) is 2.85. The standard InChI is InChI=1S/C10H8BrNO2/c1-14-9-8(11)6-4-2-3-5-7(6)12-10(9)13/h2-5H,1H3,(H,12,13). The van der Waals surface area contributed by atoms with Crippen LogP contribution in [-0.4, -0.2) is 12.1 Å². The second-order valence-corrected chi connectivity index (χ2v) is 3.64. The summed E-state index contributed by atoms with van der Waals surface area (Å²) in [6, 6.07) is 7.54. The van der Waals surface area contributed by atoms with Gasteiger partial charge in [-0.05, 0) is 22.0 Å². The first-order chi connectivity index (χ1) is 6.74. The molecule has 1 aromatic heterocycles. The molecule has 4 heteroatoms. The number of halogens is 1. The summed E-state index contributed by atoms with van der Waals surface area (Å²) in [5.41, 5.74) is 0.572. The van der Waals surface area contributed by atoms with E-state index >= 15 is 0 Å². The van der Waals surface area contributed by atoms with Crippen molar-refractivity contribution in [1.29, 1.82) is 0 Å². The lowest BCUT2D eigenvalue weighted by Gasteiger charge is -2.05. The molecule has 0 unspecified atom stereocenters. The van der Waals surface area contributed by atoms with E-state index in [0.717, 1.165) is 10.9 Å². The Morgan fingerprint density at radius 1 is 1.36 bits per heavy atom. The average Bonchev–Trinajstić information content (AvgIpc) is 2.18. The maximum Gasteiger partial charge on any atom is 0.291 e. The van der Waals surface area contributed by atoms with E-state index in [1.54, 1.807) is 0 Å². The predicted octanol–water partition coefficient (Wildman–Crippen LogP) is 2.30. The first-order valence-electron chi connectivity index (χ1n) is 4.08. The minimum Gasteiger partial charge on any atom is -0.490 e. The molecule has 0 aliphatic heterocycles. The molecular formula is C10H8BrNO2. The third-order valence-electron chi connectivity index (χ3n) is 2.02. The zero-order valence-electron chi connectivity index (χ0n) is 7.50. The lowest BCUT2D eigenvalue weighted by molar-refractivity contribution is 0.406. The van der Waals surface area contributed by atoms with Gasteiger partial charge in [0, 0.05) is 10.9 Å². The van der Waals surface area contributed by atoms with Crippen LogP contribution in [0.25, 0.3) is 10.9 Å². The van der Waals surface area contributed by atoms with Crippen LogP contribution in [-0.2, 0) is 0 Å².